The van der Waals surface area contributed by atoms with Gasteiger partial charge in [0.25, 0.3) is 0 Å². The lowest BCUT2D eigenvalue weighted by Gasteiger charge is -2.24. The molecule has 0 saturated heterocycles. The van der Waals surface area contributed by atoms with Gasteiger partial charge < -0.3 is 15.2 Å². The van der Waals surface area contributed by atoms with Gasteiger partial charge in [-0.1, -0.05) is 67.6 Å². The number of nitrogens with one attached hydrogen (secondary N) is 1. The second-order valence-electron chi connectivity index (χ2n) is 7.42. The minimum atomic E-state index is -2.25. The SMILES string of the molecule is CC(=O)c1cccc2cccc(C(O)(O)c3ccc(C4C=CC=CC4C)[nH]3)c12. The molecule has 4 rings (SSSR count). The van der Waals surface area contributed by atoms with E-state index < -0.39 is 5.79 Å². The Hall–Kier alpha value is -2.95. The van der Waals surface area contributed by atoms with E-state index in [1.807, 2.05) is 30.4 Å². The van der Waals surface area contributed by atoms with Gasteiger partial charge in [-0.25, -0.2) is 0 Å². The minimum absolute atomic E-state index is 0.117. The summed E-state index contributed by atoms with van der Waals surface area (Å²) in [7, 11) is 0. The van der Waals surface area contributed by atoms with Crippen LogP contribution in [-0.2, 0) is 5.79 Å². The molecule has 1 heterocycles. The molecule has 3 N–H and O–H groups in total. The van der Waals surface area contributed by atoms with Crippen LogP contribution in [0, 0.1) is 5.92 Å². The summed E-state index contributed by atoms with van der Waals surface area (Å²) in [6.45, 7) is 3.61. The molecular weight excluding hydrogens is 350 g/mol. The van der Waals surface area contributed by atoms with Crippen LogP contribution in [0.5, 0.6) is 0 Å². The number of aromatic amines is 1. The van der Waals surface area contributed by atoms with Gasteiger partial charge in [0.05, 0.1) is 5.69 Å². The maximum atomic E-state index is 12.1. The summed E-state index contributed by atoms with van der Waals surface area (Å²) in [4.78, 5) is 15.3. The summed E-state index contributed by atoms with van der Waals surface area (Å²) in [6, 6.07) is 14.2. The van der Waals surface area contributed by atoms with Crippen molar-refractivity contribution in [2.24, 2.45) is 5.92 Å². The van der Waals surface area contributed by atoms with Crippen molar-refractivity contribution in [3.63, 3.8) is 0 Å². The van der Waals surface area contributed by atoms with Crippen molar-refractivity contribution in [1.82, 2.24) is 4.98 Å². The Balaban J connectivity index is 1.83. The highest BCUT2D eigenvalue weighted by atomic mass is 16.5. The maximum absolute atomic E-state index is 12.1. The normalized spacial score (nSPS) is 19.3. The van der Waals surface area contributed by atoms with E-state index >= 15 is 0 Å². The number of allylic oxidation sites excluding steroid dienone is 4. The van der Waals surface area contributed by atoms with Gasteiger partial charge in [0, 0.05) is 28.1 Å². The zero-order valence-electron chi connectivity index (χ0n) is 15.9. The lowest BCUT2D eigenvalue weighted by atomic mass is 9.88. The smallest absolute Gasteiger partial charge is 0.233 e. The molecule has 0 fully saturated rings. The Morgan fingerprint density at radius 3 is 2.43 bits per heavy atom. The third-order valence-corrected chi connectivity index (χ3v) is 5.51. The van der Waals surface area contributed by atoms with E-state index in [0.717, 1.165) is 11.1 Å². The molecule has 0 bridgehead atoms. The maximum Gasteiger partial charge on any atom is 0.233 e. The van der Waals surface area contributed by atoms with Crippen LogP contribution < -0.4 is 0 Å². The van der Waals surface area contributed by atoms with Crippen molar-refractivity contribution < 1.29 is 15.0 Å². The number of carbonyl (C=O) groups excluding carboxylic acids is 1. The van der Waals surface area contributed by atoms with Crippen LogP contribution in [-0.4, -0.2) is 21.0 Å². The van der Waals surface area contributed by atoms with Crippen molar-refractivity contribution in [2.45, 2.75) is 25.6 Å². The number of aliphatic hydroxyl groups is 2. The zero-order chi connectivity index (χ0) is 19.9. The van der Waals surface area contributed by atoms with Crippen molar-refractivity contribution >= 4 is 16.6 Å². The van der Waals surface area contributed by atoms with Crippen LogP contribution >= 0.6 is 0 Å². The summed E-state index contributed by atoms with van der Waals surface area (Å²) in [6.07, 6.45) is 8.25. The largest absolute Gasteiger partial charge is 0.357 e. The van der Waals surface area contributed by atoms with Gasteiger partial charge in [0.15, 0.2) is 5.78 Å². The fourth-order valence-corrected chi connectivity index (χ4v) is 3.98. The Kier molecular flexibility index (Phi) is 4.53. The van der Waals surface area contributed by atoms with Crippen LogP contribution in [0.2, 0.25) is 0 Å². The lowest BCUT2D eigenvalue weighted by molar-refractivity contribution is -0.133. The number of ketones is 1. The minimum Gasteiger partial charge on any atom is -0.357 e. The average Bonchev–Trinajstić information content (AvgIpc) is 3.18. The molecule has 142 valence electrons. The van der Waals surface area contributed by atoms with Crippen molar-refractivity contribution in [2.75, 3.05) is 0 Å². The molecule has 0 aliphatic heterocycles. The molecule has 28 heavy (non-hydrogen) atoms. The highest BCUT2D eigenvalue weighted by molar-refractivity contribution is 6.08. The standard InChI is InChI=1S/C24H23NO3/c1-15-7-3-4-10-18(15)21-13-14-22(25-21)24(27,28)20-12-6-9-17-8-5-11-19(16(2)26)23(17)20/h3-15,18,25,27-28H,1-2H3. The first-order valence-electron chi connectivity index (χ1n) is 9.42. The van der Waals surface area contributed by atoms with Crippen molar-refractivity contribution in [3.8, 4) is 0 Å². The summed E-state index contributed by atoms with van der Waals surface area (Å²) in [5.41, 5.74) is 1.96. The monoisotopic (exact) mass is 373 g/mol. The number of rotatable bonds is 4. The third-order valence-electron chi connectivity index (χ3n) is 5.51. The van der Waals surface area contributed by atoms with Crippen LogP contribution in [0.15, 0.2) is 72.8 Å². The van der Waals surface area contributed by atoms with Gasteiger partial charge in [0.1, 0.15) is 0 Å². The molecule has 0 saturated carbocycles. The summed E-state index contributed by atoms with van der Waals surface area (Å²) >= 11 is 0. The number of hydrogen-bond acceptors (Lipinski definition) is 3. The third kappa shape index (κ3) is 3.01. The zero-order valence-corrected chi connectivity index (χ0v) is 15.9. The van der Waals surface area contributed by atoms with Crippen LogP contribution in [0.4, 0.5) is 0 Å². The molecule has 2 aromatic carbocycles. The molecule has 1 aliphatic carbocycles. The topological polar surface area (TPSA) is 73.3 Å². The lowest BCUT2D eigenvalue weighted by Crippen LogP contribution is -2.28. The highest BCUT2D eigenvalue weighted by Gasteiger charge is 2.33. The molecule has 0 radical (unpaired) electrons. The van der Waals surface area contributed by atoms with Crippen molar-refractivity contribution in [3.05, 3.63) is 95.3 Å². The Morgan fingerprint density at radius 1 is 1.00 bits per heavy atom. The van der Waals surface area contributed by atoms with E-state index in [4.69, 9.17) is 0 Å². The molecule has 1 aliphatic rings. The quantitative estimate of drug-likeness (QED) is 0.469. The predicted octanol–water partition coefficient (Wildman–Crippen LogP) is 4.40. The van der Waals surface area contributed by atoms with Crippen molar-refractivity contribution in [1.29, 1.82) is 0 Å². The van der Waals surface area contributed by atoms with Crippen LogP contribution in [0.3, 0.4) is 0 Å². The van der Waals surface area contributed by atoms with E-state index in [0.29, 0.717) is 16.9 Å². The molecule has 4 nitrogen and oxygen atoms in total. The number of H-pyrrole nitrogens is 1. The number of fused-ring (bicyclic) bond motifs is 1. The van der Waals surface area contributed by atoms with E-state index in [1.54, 1.807) is 30.3 Å². The summed E-state index contributed by atoms with van der Waals surface area (Å²) in [5, 5.41) is 23.6. The fourth-order valence-electron chi connectivity index (χ4n) is 3.98. The second-order valence-corrected chi connectivity index (χ2v) is 7.42. The second kappa shape index (κ2) is 6.89. The molecule has 2 atom stereocenters. The summed E-state index contributed by atoms with van der Waals surface area (Å²) < 4.78 is 0. The fraction of sp³-hybridized carbons (Fsp3) is 0.208. The van der Waals surface area contributed by atoms with Gasteiger partial charge in [-0.2, -0.15) is 0 Å². The van der Waals surface area contributed by atoms with Crippen LogP contribution in [0.25, 0.3) is 10.8 Å². The number of aromatic nitrogens is 1. The first-order chi connectivity index (χ1) is 13.4. The molecule has 1 aromatic heterocycles. The molecule has 0 amide bonds. The van der Waals surface area contributed by atoms with E-state index in [2.05, 4.69) is 24.1 Å². The van der Waals surface area contributed by atoms with Gasteiger partial charge in [-0.15, -0.1) is 0 Å². The van der Waals surface area contributed by atoms with Gasteiger partial charge in [0.2, 0.25) is 5.79 Å². The summed E-state index contributed by atoms with van der Waals surface area (Å²) in [5.74, 6) is -1.91. The highest BCUT2D eigenvalue weighted by Crippen LogP contribution is 2.36. The average molecular weight is 373 g/mol. The Labute approximate surface area is 163 Å². The molecule has 0 spiro atoms. The molecule has 3 aromatic rings. The number of benzene rings is 2. The Morgan fingerprint density at radius 2 is 1.71 bits per heavy atom. The predicted molar refractivity (Wildman–Crippen MR) is 110 cm³/mol. The first-order valence-corrected chi connectivity index (χ1v) is 9.42. The van der Waals surface area contributed by atoms with Gasteiger partial charge >= 0.3 is 0 Å². The van der Waals surface area contributed by atoms with E-state index in [-0.39, 0.29) is 23.0 Å². The first kappa shape index (κ1) is 18.4. The van der Waals surface area contributed by atoms with Gasteiger partial charge in [-0.05, 0) is 30.4 Å². The molecule has 4 heteroatoms. The van der Waals surface area contributed by atoms with E-state index in [1.165, 1.54) is 6.92 Å². The van der Waals surface area contributed by atoms with E-state index in [9.17, 15) is 15.0 Å². The number of hydrogen-bond donors (Lipinski definition) is 3. The number of carbonyl (C=O) groups is 1. The van der Waals surface area contributed by atoms with Crippen LogP contribution in [0.1, 0.15) is 47.1 Å². The van der Waals surface area contributed by atoms with Gasteiger partial charge in [-0.3, -0.25) is 4.79 Å². The Bertz CT molecular complexity index is 1100. The molecule has 2 unspecified atom stereocenters. The molecular formula is C24H23NO3. The number of Topliss-reactive ketones (excluding diaryl/α,β-unsaturated/α-hetero) is 1.